The number of hydrogen-bond acceptors (Lipinski definition) is 2. The number of ketones is 1. The summed E-state index contributed by atoms with van der Waals surface area (Å²) in [4.78, 5) is 10.9. The van der Waals surface area contributed by atoms with E-state index in [4.69, 9.17) is 5.11 Å². The monoisotopic (exact) mass is 156 g/mol. The van der Waals surface area contributed by atoms with Crippen LogP contribution in [0.5, 0.6) is 0 Å². The third kappa shape index (κ3) is 3.94. The molecule has 0 saturated heterocycles. The van der Waals surface area contributed by atoms with E-state index in [1.165, 1.54) is 0 Å². The predicted octanol–water partition coefficient (Wildman–Crippen LogP) is 1.54. The van der Waals surface area contributed by atoms with Gasteiger partial charge >= 0.3 is 0 Å². The maximum absolute atomic E-state index is 10.9. The Morgan fingerprint density at radius 3 is 2.36 bits per heavy atom. The van der Waals surface area contributed by atoms with E-state index in [0.717, 1.165) is 5.57 Å². The van der Waals surface area contributed by atoms with Gasteiger partial charge in [-0.3, -0.25) is 4.79 Å². The Morgan fingerprint density at radius 2 is 2.09 bits per heavy atom. The van der Waals surface area contributed by atoms with Crippen LogP contribution in [0.4, 0.5) is 0 Å². The van der Waals surface area contributed by atoms with Crippen molar-refractivity contribution in [3.63, 3.8) is 0 Å². The first-order chi connectivity index (χ1) is 5.09. The van der Waals surface area contributed by atoms with E-state index in [1.807, 2.05) is 19.9 Å². The van der Waals surface area contributed by atoms with Crippen molar-refractivity contribution >= 4 is 5.78 Å². The van der Waals surface area contributed by atoms with E-state index in [1.54, 1.807) is 6.92 Å². The maximum Gasteiger partial charge on any atom is 0.155 e. The van der Waals surface area contributed by atoms with Crippen LogP contribution in [0, 0.1) is 5.92 Å². The molecule has 0 aromatic heterocycles. The van der Waals surface area contributed by atoms with E-state index in [0.29, 0.717) is 6.42 Å². The van der Waals surface area contributed by atoms with Gasteiger partial charge in [0.15, 0.2) is 5.78 Å². The van der Waals surface area contributed by atoms with Gasteiger partial charge in [-0.2, -0.15) is 0 Å². The van der Waals surface area contributed by atoms with Crippen molar-refractivity contribution in [1.82, 2.24) is 0 Å². The summed E-state index contributed by atoms with van der Waals surface area (Å²) in [6.45, 7) is 5.63. The molecule has 0 aliphatic carbocycles. The molecule has 64 valence electrons. The highest BCUT2D eigenvalue weighted by molar-refractivity contribution is 5.93. The lowest BCUT2D eigenvalue weighted by Gasteiger charge is -2.06. The third-order valence-corrected chi connectivity index (χ3v) is 1.52. The topological polar surface area (TPSA) is 37.3 Å². The van der Waals surface area contributed by atoms with Gasteiger partial charge in [0.2, 0.25) is 0 Å². The molecule has 0 fully saturated rings. The Hall–Kier alpha value is -0.630. The molecule has 2 heteroatoms. The maximum atomic E-state index is 10.9. The highest BCUT2D eigenvalue weighted by Gasteiger charge is 2.06. The summed E-state index contributed by atoms with van der Waals surface area (Å²) in [7, 11) is 0. The number of rotatable bonds is 4. The van der Waals surface area contributed by atoms with Gasteiger partial charge in [-0.15, -0.1) is 0 Å². The number of allylic oxidation sites excluding steroid dienone is 1. The highest BCUT2D eigenvalue weighted by Crippen LogP contribution is 2.10. The lowest BCUT2D eigenvalue weighted by Crippen LogP contribution is -2.04. The molecule has 0 atom stereocenters. The van der Waals surface area contributed by atoms with Gasteiger partial charge in [-0.05, 0) is 24.8 Å². The Labute approximate surface area is 67.9 Å². The smallest absolute Gasteiger partial charge is 0.155 e. The van der Waals surface area contributed by atoms with E-state index >= 15 is 0 Å². The minimum absolute atomic E-state index is 0.105. The van der Waals surface area contributed by atoms with Crippen molar-refractivity contribution in [3.8, 4) is 0 Å². The lowest BCUT2D eigenvalue weighted by atomic mass is 9.99. The van der Waals surface area contributed by atoms with Crippen LogP contribution in [0.15, 0.2) is 11.6 Å². The van der Waals surface area contributed by atoms with Crippen molar-refractivity contribution in [2.75, 3.05) is 6.61 Å². The Bertz CT molecular complexity index is 157. The minimum atomic E-state index is 0.105. The normalized spacial score (nSPS) is 12.3. The Kier molecular flexibility index (Phi) is 4.79. The number of carbonyl (C=O) groups excluding carboxylic acids is 1. The third-order valence-electron chi connectivity index (χ3n) is 1.52. The molecule has 0 aromatic rings. The molecule has 0 heterocycles. The van der Waals surface area contributed by atoms with Crippen molar-refractivity contribution in [1.29, 1.82) is 0 Å². The van der Waals surface area contributed by atoms with Crippen LogP contribution in [-0.2, 0) is 4.79 Å². The van der Waals surface area contributed by atoms with E-state index in [-0.39, 0.29) is 18.3 Å². The zero-order valence-corrected chi connectivity index (χ0v) is 7.42. The zero-order chi connectivity index (χ0) is 8.85. The molecule has 1 N–H and O–H groups in total. The number of aliphatic hydroxyl groups excluding tert-OH is 1. The van der Waals surface area contributed by atoms with Crippen molar-refractivity contribution in [2.24, 2.45) is 5.92 Å². The van der Waals surface area contributed by atoms with Crippen LogP contribution in [0.3, 0.4) is 0 Å². The van der Waals surface area contributed by atoms with Crippen LogP contribution in [0.2, 0.25) is 0 Å². The summed E-state index contributed by atoms with van der Waals surface area (Å²) in [5.41, 5.74) is 0.819. The summed E-state index contributed by atoms with van der Waals surface area (Å²) in [5, 5.41) is 8.52. The van der Waals surface area contributed by atoms with Crippen LogP contribution < -0.4 is 0 Å². The average molecular weight is 156 g/mol. The standard InChI is InChI=1S/C9H16O2/c1-7(2)9(8(3)11)5-4-6-10/h5,7,10H,4,6H2,1-3H3. The molecule has 0 aromatic carbocycles. The van der Waals surface area contributed by atoms with Gasteiger partial charge in [0, 0.05) is 6.61 Å². The highest BCUT2D eigenvalue weighted by atomic mass is 16.2. The van der Waals surface area contributed by atoms with Gasteiger partial charge in [0.05, 0.1) is 0 Å². The molecule has 0 aliphatic heterocycles. The molecule has 0 amide bonds. The second kappa shape index (κ2) is 5.08. The summed E-state index contributed by atoms with van der Waals surface area (Å²) in [5.74, 6) is 0.368. The van der Waals surface area contributed by atoms with Crippen LogP contribution in [0.25, 0.3) is 0 Å². The van der Waals surface area contributed by atoms with Gasteiger partial charge in [-0.25, -0.2) is 0 Å². The first-order valence-corrected chi connectivity index (χ1v) is 3.91. The summed E-state index contributed by atoms with van der Waals surface area (Å²) >= 11 is 0. The molecule has 0 rings (SSSR count). The summed E-state index contributed by atoms with van der Waals surface area (Å²) < 4.78 is 0. The van der Waals surface area contributed by atoms with Crippen LogP contribution in [-0.4, -0.2) is 17.5 Å². The van der Waals surface area contributed by atoms with Gasteiger partial charge in [0.25, 0.3) is 0 Å². The molecule has 0 unspecified atom stereocenters. The molecule has 0 spiro atoms. The van der Waals surface area contributed by atoms with Gasteiger partial charge < -0.3 is 5.11 Å². The lowest BCUT2D eigenvalue weighted by molar-refractivity contribution is -0.114. The number of aliphatic hydroxyl groups is 1. The van der Waals surface area contributed by atoms with E-state index < -0.39 is 0 Å². The summed E-state index contributed by atoms with van der Waals surface area (Å²) in [6, 6.07) is 0. The second-order valence-corrected chi connectivity index (χ2v) is 2.88. The molecule has 0 aliphatic rings. The van der Waals surface area contributed by atoms with Gasteiger partial charge in [0.1, 0.15) is 0 Å². The van der Waals surface area contributed by atoms with E-state index in [9.17, 15) is 4.79 Å². The Balaban J connectivity index is 4.21. The van der Waals surface area contributed by atoms with Crippen LogP contribution >= 0.6 is 0 Å². The molecule has 11 heavy (non-hydrogen) atoms. The number of hydrogen-bond donors (Lipinski definition) is 1. The largest absolute Gasteiger partial charge is 0.396 e. The summed E-state index contributed by atoms with van der Waals surface area (Å²) in [6.07, 6.45) is 2.39. The molecule has 2 nitrogen and oxygen atoms in total. The molecular formula is C9H16O2. The zero-order valence-electron chi connectivity index (χ0n) is 7.42. The first kappa shape index (κ1) is 10.4. The van der Waals surface area contributed by atoms with Crippen molar-refractivity contribution in [2.45, 2.75) is 27.2 Å². The fourth-order valence-electron chi connectivity index (χ4n) is 1.01. The molecule has 0 radical (unpaired) electrons. The number of Topliss-reactive ketones (excluding diaryl/α,β-unsaturated/α-hetero) is 1. The van der Waals surface area contributed by atoms with Crippen molar-refractivity contribution < 1.29 is 9.90 Å². The SMILES string of the molecule is CC(=O)C(=CCCO)C(C)C. The van der Waals surface area contributed by atoms with Crippen LogP contribution in [0.1, 0.15) is 27.2 Å². The molecular weight excluding hydrogens is 140 g/mol. The van der Waals surface area contributed by atoms with Crippen molar-refractivity contribution in [3.05, 3.63) is 11.6 Å². The minimum Gasteiger partial charge on any atom is -0.396 e. The first-order valence-electron chi connectivity index (χ1n) is 3.91. The molecule has 0 saturated carbocycles. The second-order valence-electron chi connectivity index (χ2n) is 2.88. The fraction of sp³-hybridized carbons (Fsp3) is 0.667. The van der Waals surface area contributed by atoms with E-state index in [2.05, 4.69) is 0 Å². The average Bonchev–Trinajstić information content (AvgIpc) is 1.87. The Morgan fingerprint density at radius 1 is 1.55 bits per heavy atom. The number of carbonyl (C=O) groups is 1. The van der Waals surface area contributed by atoms with Gasteiger partial charge in [-0.1, -0.05) is 19.9 Å². The predicted molar refractivity (Wildman–Crippen MR) is 45.3 cm³/mol. The fourth-order valence-corrected chi connectivity index (χ4v) is 1.01. The molecule has 0 bridgehead atoms. The quantitative estimate of drug-likeness (QED) is 0.627.